The van der Waals surface area contributed by atoms with Gasteiger partial charge in [0.1, 0.15) is 11.6 Å². The minimum absolute atomic E-state index is 0.0124. The van der Waals surface area contributed by atoms with E-state index in [9.17, 15) is 18.8 Å². The van der Waals surface area contributed by atoms with Gasteiger partial charge in [-0.05, 0) is 43.9 Å². The molecule has 0 bridgehead atoms. The molecule has 160 valence electrons. The van der Waals surface area contributed by atoms with E-state index in [2.05, 4.69) is 0 Å². The monoisotopic (exact) mass is 442 g/mol. The number of hydrogen-bond acceptors (Lipinski definition) is 4. The molecular weight excluding hydrogens is 423 g/mol. The molecule has 3 amide bonds. The lowest BCUT2D eigenvalue weighted by molar-refractivity contribution is -0.121. The van der Waals surface area contributed by atoms with Crippen molar-refractivity contribution in [3.05, 3.63) is 64.5 Å². The molecule has 31 heavy (non-hydrogen) atoms. The lowest BCUT2D eigenvalue weighted by Crippen LogP contribution is -2.33. The van der Waals surface area contributed by atoms with E-state index in [1.54, 1.807) is 31.3 Å². The van der Waals surface area contributed by atoms with Crippen molar-refractivity contribution in [2.45, 2.75) is 25.7 Å². The lowest BCUT2D eigenvalue weighted by Gasteiger charge is -2.20. The number of rotatable bonds is 5. The number of amides is 3. The highest BCUT2D eigenvalue weighted by molar-refractivity contribution is 6.34. The Hall–Kier alpha value is -3.19. The van der Waals surface area contributed by atoms with E-state index >= 15 is 0 Å². The third-order valence-corrected chi connectivity index (χ3v) is 5.80. The summed E-state index contributed by atoms with van der Waals surface area (Å²) >= 11 is 6.09. The Morgan fingerprint density at radius 1 is 1.10 bits per heavy atom. The predicted octanol–water partition coefficient (Wildman–Crippen LogP) is 4.26. The van der Waals surface area contributed by atoms with Crippen LogP contribution < -0.4 is 14.5 Å². The Morgan fingerprint density at radius 2 is 1.71 bits per heavy atom. The molecule has 0 unspecified atom stereocenters. The molecule has 0 spiro atoms. The van der Waals surface area contributed by atoms with Gasteiger partial charge in [-0.1, -0.05) is 29.8 Å². The SMILES string of the molecule is CN(C(=O)COc1cc(N2C(=O)C3=C(CCCC3)C2=O)c(F)cc1Cl)c1ccccc1. The Balaban J connectivity index is 1.54. The van der Waals surface area contributed by atoms with Crippen LogP contribution in [0.15, 0.2) is 53.6 Å². The van der Waals surface area contributed by atoms with Crippen molar-refractivity contribution in [2.75, 3.05) is 23.5 Å². The van der Waals surface area contributed by atoms with E-state index in [0.717, 1.165) is 23.8 Å². The second-order valence-corrected chi connectivity index (χ2v) is 7.83. The van der Waals surface area contributed by atoms with E-state index in [0.29, 0.717) is 29.7 Å². The molecule has 4 rings (SSSR count). The van der Waals surface area contributed by atoms with Crippen LogP contribution in [0.4, 0.5) is 15.8 Å². The molecule has 2 aromatic rings. The van der Waals surface area contributed by atoms with Gasteiger partial charge in [0, 0.05) is 29.9 Å². The first-order valence-electron chi connectivity index (χ1n) is 9.92. The van der Waals surface area contributed by atoms with Crippen LogP contribution in [0, 0.1) is 5.82 Å². The number of benzene rings is 2. The maximum absolute atomic E-state index is 14.7. The number of likely N-dealkylation sites (N-methyl/N-ethyl adjacent to an activating group) is 1. The second-order valence-electron chi connectivity index (χ2n) is 7.42. The van der Waals surface area contributed by atoms with Crippen molar-refractivity contribution < 1.29 is 23.5 Å². The number of nitrogens with zero attached hydrogens (tertiary/aromatic N) is 2. The Morgan fingerprint density at radius 3 is 2.32 bits per heavy atom. The van der Waals surface area contributed by atoms with Crippen molar-refractivity contribution >= 4 is 40.7 Å². The number of imide groups is 1. The summed E-state index contributed by atoms with van der Waals surface area (Å²) in [6, 6.07) is 11.2. The van der Waals surface area contributed by atoms with Gasteiger partial charge in [-0.3, -0.25) is 14.4 Å². The van der Waals surface area contributed by atoms with Crippen molar-refractivity contribution in [1.82, 2.24) is 0 Å². The first-order chi connectivity index (χ1) is 14.9. The summed E-state index contributed by atoms with van der Waals surface area (Å²) in [5.41, 5.74) is 1.36. The van der Waals surface area contributed by atoms with Crippen molar-refractivity contribution in [1.29, 1.82) is 0 Å². The van der Waals surface area contributed by atoms with Crippen LogP contribution >= 0.6 is 11.6 Å². The van der Waals surface area contributed by atoms with Crippen LogP contribution in [-0.4, -0.2) is 31.4 Å². The van der Waals surface area contributed by atoms with Crippen molar-refractivity contribution in [3.8, 4) is 5.75 Å². The van der Waals surface area contributed by atoms with Gasteiger partial charge in [0.05, 0.1) is 10.7 Å². The molecule has 0 N–H and O–H groups in total. The van der Waals surface area contributed by atoms with Gasteiger partial charge in [-0.25, -0.2) is 9.29 Å². The molecule has 1 aliphatic heterocycles. The first-order valence-corrected chi connectivity index (χ1v) is 10.3. The van der Waals surface area contributed by atoms with E-state index in [1.165, 1.54) is 11.0 Å². The lowest BCUT2D eigenvalue weighted by atomic mass is 9.93. The van der Waals surface area contributed by atoms with Crippen molar-refractivity contribution in [3.63, 3.8) is 0 Å². The predicted molar refractivity (Wildman–Crippen MR) is 115 cm³/mol. The summed E-state index contributed by atoms with van der Waals surface area (Å²) < 4.78 is 20.2. The fraction of sp³-hybridized carbons (Fsp3) is 0.261. The molecule has 0 radical (unpaired) electrons. The van der Waals surface area contributed by atoms with Gasteiger partial charge in [0.2, 0.25) is 0 Å². The average Bonchev–Trinajstić information content (AvgIpc) is 3.03. The fourth-order valence-electron chi connectivity index (χ4n) is 3.79. The zero-order valence-corrected chi connectivity index (χ0v) is 17.6. The number of carbonyl (C=O) groups excluding carboxylic acids is 3. The highest BCUT2D eigenvalue weighted by Gasteiger charge is 2.41. The highest BCUT2D eigenvalue weighted by atomic mass is 35.5. The van der Waals surface area contributed by atoms with Crippen LogP contribution in [0.5, 0.6) is 5.75 Å². The third-order valence-electron chi connectivity index (χ3n) is 5.50. The van der Waals surface area contributed by atoms with E-state index in [1.807, 2.05) is 6.07 Å². The normalized spacial score (nSPS) is 15.9. The standard InChI is InChI=1S/C23H20ClFN2O4/c1-26(14-7-3-2-4-8-14)21(28)13-31-20-12-19(18(25)11-17(20)24)27-22(29)15-9-5-6-10-16(15)23(27)30/h2-4,7-8,11-12H,5-6,9-10,13H2,1H3. The number of hydrogen-bond donors (Lipinski definition) is 0. The van der Waals surface area contributed by atoms with Crippen molar-refractivity contribution in [2.24, 2.45) is 0 Å². The second kappa shape index (κ2) is 8.51. The minimum atomic E-state index is -0.813. The third kappa shape index (κ3) is 3.93. The highest BCUT2D eigenvalue weighted by Crippen LogP contribution is 2.39. The molecule has 2 aromatic carbocycles. The Kier molecular flexibility index (Phi) is 5.78. The van der Waals surface area contributed by atoms with Gasteiger partial charge in [0.25, 0.3) is 17.7 Å². The summed E-state index contributed by atoms with van der Waals surface area (Å²) in [6.07, 6.45) is 2.66. The molecule has 0 saturated heterocycles. The Bertz CT molecular complexity index is 1070. The number of halogens is 2. The summed E-state index contributed by atoms with van der Waals surface area (Å²) in [7, 11) is 1.61. The number of para-hydroxylation sites is 1. The Labute approximate surface area is 183 Å². The van der Waals surface area contributed by atoms with Gasteiger partial charge < -0.3 is 9.64 Å². The fourth-order valence-corrected chi connectivity index (χ4v) is 4.00. The summed E-state index contributed by atoms with van der Waals surface area (Å²) in [4.78, 5) is 40.2. The summed E-state index contributed by atoms with van der Waals surface area (Å²) in [5, 5.41) is -0.0618. The van der Waals surface area contributed by atoms with E-state index < -0.39 is 17.6 Å². The molecule has 1 aliphatic carbocycles. The van der Waals surface area contributed by atoms with E-state index in [4.69, 9.17) is 16.3 Å². The molecule has 0 aromatic heterocycles. The van der Waals surface area contributed by atoms with Crippen LogP contribution in [-0.2, 0) is 14.4 Å². The zero-order chi connectivity index (χ0) is 22.1. The van der Waals surface area contributed by atoms with Gasteiger partial charge >= 0.3 is 0 Å². The molecule has 8 heteroatoms. The minimum Gasteiger partial charge on any atom is -0.482 e. The van der Waals surface area contributed by atoms with Crippen LogP contribution in [0.2, 0.25) is 5.02 Å². The number of carbonyl (C=O) groups is 3. The smallest absolute Gasteiger partial charge is 0.264 e. The largest absolute Gasteiger partial charge is 0.482 e. The first kappa shape index (κ1) is 21.1. The molecule has 1 heterocycles. The van der Waals surface area contributed by atoms with E-state index in [-0.39, 0.29) is 29.0 Å². The topological polar surface area (TPSA) is 66.9 Å². The quantitative estimate of drug-likeness (QED) is 0.649. The van der Waals surface area contributed by atoms with Gasteiger partial charge in [-0.15, -0.1) is 0 Å². The van der Waals surface area contributed by atoms with Gasteiger partial charge in [-0.2, -0.15) is 0 Å². The van der Waals surface area contributed by atoms with Crippen LogP contribution in [0.3, 0.4) is 0 Å². The maximum atomic E-state index is 14.7. The molecule has 0 atom stereocenters. The molecule has 0 fully saturated rings. The summed E-state index contributed by atoms with van der Waals surface area (Å²) in [5.74, 6) is -2.16. The average molecular weight is 443 g/mol. The van der Waals surface area contributed by atoms with Crippen LogP contribution in [0.25, 0.3) is 0 Å². The molecule has 2 aliphatic rings. The maximum Gasteiger partial charge on any atom is 0.264 e. The molecule has 0 saturated carbocycles. The molecule has 6 nitrogen and oxygen atoms in total. The summed E-state index contributed by atoms with van der Waals surface area (Å²) in [6.45, 7) is -0.354. The number of anilines is 2. The van der Waals surface area contributed by atoms with Gasteiger partial charge in [0.15, 0.2) is 6.61 Å². The zero-order valence-electron chi connectivity index (χ0n) is 16.9. The molecular formula is C23H20ClFN2O4. The van der Waals surface area contributed by atoms with Crippen LogP contribution in [0.1, 0.15) is 25.7 Å². The number of ether oxygens (including phenoxy) is 1.